The maximum absolute atomic E-state index is 13.0. The molecular weight excluding hydrogens is 415 g/mol. The number of likely N-dealkylation sites (N-methyl/N-ethyl adjacent to an activating group) is 1. The number of anilines is 2. The first kappa shape index (κ1) is 21.3. The van der Waals surface area contributed by atoms with E-state index in [0.29, 0.717) is 17.9 Å². The third kappa shape index (κ3) is 4.22. The van der Waals surface area contributed by atoms with Gasteiger partial charge in [-0.1, -0.05) is 12.1 Å². The van der Waals surface area contributed by atoms with E-state index in [-0.39, 0.29) is 30.4 Å². The standard InChI is InChI=1S/C23H27FN4O4/c1-23(2)31-19-18-13-27(3)28(21(30-18)20(19)32-23)12-14-4-8-16(9-5-14)25-22(29)26-17-10-6-15(24)7-11-17/h4-11,18-21H,12-13H2,1-3H3,(H2,25,26,29)/t18-,19-,20-,21-/m1/s1. The second-order valence-electron chi connectivity index (χ2n) is 8.85. The SMILES string of the molecule is CN1C[C@H]2O[C@H]([C@@H]3OC(C)(C)O[C@@H]32)N1Cc1ccc(NC(=O)Nc2ccc(F)cc2)cc1. The Hall–Kier alpha value is -2.56. The number of benzene rings is 2. The molecule has 3 aliphatic heterocycles. The van der Waals surface area contributed by atoms with Crippen molar-refractivity contribution in [1.29, 1.82) is 0 Å². The number of hydrogen-bond acceptors (Lipinski definition) is 6. The van der Waals surface area contributed by atoms with Crippen LogP contribution in [0.4, 0.5) is 20.6 Å². The summed E-state index contributed by atoms with van der Waals surface area (Å²) >= 11 is 0. The lowest BCUT2D eigenvalue weighted by molar-refractivity contribution is -0.267. The van der Waals surface area contributed by atoms with Crippen molar-refractivity contribution in [1.82, 2.24) is 10.0 Å². The molecular formula is C23H27FN4O4. The predicted octanol–water partition coefficient (Wildman–Crippen LogP) is 3.38. The minimum atomic E-state index is -0.598. The summed E-state index contributed by atoms with van der Waals surface area (Å²) in [5.41, 5.74) is 2.25. The van der Waals surface area contributed by atoms with E-state index >= 15 is 0 Å². The molecule has 0 saturated carbocycles. The highest BCUT2D eigenvalue weighted by Crippen LogP contribution is 2.42. The van der Waals surface area contributed by atoms with Crippen LogP contribution in [-0.2, 0) is 20.8 Å². The Morgan fingerprint density at radius 3 is 2.28 bits per heavy atom. The van der Waals surface area contributed by atoms with Gasteiger partial charge in [0.05, 0.1) is 0 Å². The van der Waals surface area contributed by atoms with Gasteiger partial charge in [-0.25, -0.2) is 19.2 Å². The number of carbonyl (C=O) groups is 1. The van der Waals surface area contributed by atoms with Crippen LogP contribution in [0.15, 0.2) is 48.5 Å². The van der Waals surface area contributed by atoms with E-state index < -0.39 is 11.8 Å². The highest BCUT2D eigenvalue weighted by atomic mass is 19.1. The fourth-order valence-corrected chi connectivity index (χ4v) is 4.52. The van der Waals surface area contributed by atoms with E-state index in [9.17, 15) is 9.18 Å². The number of nitrogens with zero attached hydrogens (tertiary/aromatic N) is 2. The van der Waals surface area contributed by atoms with Crippen LogP contribution in [0, 0.1) is 5.82 Å². The Morgan fingerprint density at radius 2 is 1.62 bits per heavy atom. The van der Waals surface area contributed by atoms with E-state index in [0.717, 1.165) is 12.1 Å². The highest BCUT2D eigenvalue weighted by Gasteiger charge is 2.59. The van der Waals surface area contributed by atoms with Crippen LogP contribution in [0.3, 0.4) is 0 Å². The van der Waals surface area contributed by atoms with Gasteiger partial charge in [-0.05, 0) is 55.8 Å². The third-order valence-corrected chi connectivity index (χ3v) is 5.96. The van der Waals surface area contributed by atoms with Crippen molar-refractivity contribution >= 4 is 17.4 Å². The van der Waals surface area contributed by atoms with E-state index in [1.807, 2.05) is 45.2 Å². The van der Waals surface area contributed by atoms with E-state index in [1.54, 1.807) is 0 Å². The molecule has 4 atom stereocenters. The predicted molar refractivity (Wildman–Crippen MR) is 116 cm³/mol. The van der Waals surface area contributed by atoms with E-state index in [1.165, 1.54) is 24.3 Å². The van der Waals surface area contributed by atoms with Gasteiger partial charge in [0.15, 0.2) is 12.0 Å². The second kappa shape index (κ2) is 8.09. The van der Waals surface area contributed by atoms with Gasteiger partial charge in [0.2, 0.25) is 0 Å². The van der Waals surface area contributed by atoms with Gasteiger partial charge in [-0.2, -0.15) is 0 Å². The molecule has 2 N–H and O–H groups in total. The molecule has 0 radical (unpaired) electrons. The summed E-state index contributed by atoms with van der Waals surface area (Å²) in [5.74, 6) is -0.949. The Balaban J connectivity index is 1.21. The first-order chi connectivity index (χ1) is 15.3. The molecule has 3 fully saturated rings. The molecule has 0 aliphatic carbocycles. The van der Waals surface area contributed by atoms with Crippen LogP contribution < -0.4 is 10.6 Å². The highest BCUT2D eigenvalue weighted by molar-refractivity contribution is 5.99. The number of nitrogens with one attached hydrogen (secondary N) is 2. The van der Waals surface area contributed by atoms with Gasteiger partial charge in [0.25, 0.3) is 0 Å². The zero-order valence-corrected chi connectivity index (χ0v) is 18.2. The van der Waals surface area contributed by atoms with Crippen LogP contribution in [-0.4, -0.2) is 60.0 Å². The summed E-state index contributed by atoms with van der Waals surface area (Å²) in [7, 11) is 2.05. The van der Waals surface area contributed by atoms with Crippen LogP contribution in [0.2, 0.25) is 0 Å². The van der Waals surface area contributed by atoms with Gasteiger partial charge in [-0.3, -0.25) is 0 Å². The minimum absolute atomic E-state index is 0.000722. The number of urea groups is 1. The van der Waals surface area contributed by atoms with Crippen molar-refractivity contribution in [3.63, 3.8) is 0 Å². The molecule has 3 saturated heterocycles. The van der Waals surface area contributed by atoms with E-state index in [2.05, 4.69) is 20.7 Å². The number of halogens is 1. The molecule has 2 aromatic rings. The van der Waals surface area contributed by atoms with Crippen molar-refractivity contribution in [2.45, 2.75) is 50.7 Å². The molecule has 32 heavy (non-hydrogen) atoms. The molecule has 5 rings (SSSR count). The number of carbonyl (C=O) groups excluding carboxylic acids is 1. The van der Waals surface area contributed by atoms with Crippen LogP contribution >= 0.6 is 0 Å². The van der Waals surface area contributed by atoms with Crippen LogP contribution in [0.25, 0.3) is 0 Å². The van der Waals surface area contributed by atoms with Gasteiger partial charge >= 0.3 is 6.03 Å². The maximum Gasteiger partial charge on any atom is 0.323 e. The Kier molecular flexibility index (Phi) is 5.39. The molecule has 2 bridgehead atoms. The smallest absolute Gasteiger partial charge is 0.323 e. The molecule has 170 valence electrons. The van der Waals surface area contributed by atoms with Crippen LogP contribution in [0.5, 0.6) is 0 Å². The Morgan fingerprint density at radius 1 is 1.03 bits per heavy atom. The molecule has 8 nitrogen and oxygen atoms in total. The summed E-state index contributed by atoms with van der Waals surface area (Å²) < 4.78 is 31.4. The average molecular weight is 442 g/mol. The lowest BCUT2D eigenvalue weighted by Crippen LogP contribution is -2.55. The first-order valence-corrected chi connectivity index (χ1v) is 10.7. The molecule has 9 heteroatoms. The van der Waals surface area contributed by atoms with Crippen molar-refractivity contribution in [2.75, 3.05) is 24.2 Å². The topological polar surface area (TPSA) is 75.3 Å². The molecule has 0 unspecified atom stereocenters. The molecule has 3 heterocycles. The van der Waals surface area contributed by atoms with Crippen molar-refractivity contribution < 1.29 is 23.4 Å². The Bertz CT molecular complexity index is 982. The summed E-state index contributed by atoms with van der Waals surface area (Å²) in [5, 5.41) is 9.79. The molecule has 0 spiro atoms. The summed E-state index contributed by atoms with van der Waals surface area (Å²) in [4.78, 5) is 12.2. The molecule has 2 aromatic carbocycles. The van der Waals surface area contributed by atoms with Crippen molar-refractivity contribution in [3.8, 4) is 0 Å². The third-order valence-electron chi connectivity index (χ3n) is 5.96. The molecule has 3 aliphatic rings. The van der Waals surface area contributed by atoms with Gasteiger partial charge in [-0.15, -0.1) is 0 Å². The van der Waals surface area contributed by atoms with Gasteiger partial charge in [0.1, 0.15) is 24.1 Å². The van der Waals surface area contributed by atoms with Crippen molar-refractivity contribution in [3.05, 3.63) is 59.9 Å². The lowest BCUT2D eigenvalue weighted by atomic mass is 10.1. The zero-order valence-electron chi connectivity index (χ0n) is 18.2. The number of fused-ring (bicyclic) bond motifs is 5. The first-order valence-electron chi connectivity index (χ1n) is 10.7. The normalized spacial score (nSPS) is 29.0. The number of rotatable bonds is 4. The summed E-state index contributed by atoms with van der Waals surface area (Å²) in [6, 6.07) is 12.9. The zero-order chi connectivity index (χ0) is 22.5. The number of hydrogen-bond donors (Lipinski definition) is 2. The molecule has 2 amide bonds. The second-order valence-corrected chi connectivity index (χ2v) is 8.85. The van der Waals surface area contributed by atoms with Crippen molar-refractivity contribution in [2.24, 2.45) is 0 Å². The molecule has 0 aromatic heterocycles. The fourth-order valence-electron chi connectivity index (χ4n) is 4.52. The quantitative estimate of drug-likeness (QED) is 0.756. The monoisotopic (exact) mass is 442 g/mol. The number of hydrazine groups is 1. The average Bonchev–Trinajstić information content (AvgIpc) is 3.20. The number of ether oxygens (including phenoxy) is 3. The Labute approximate surface area is 186 Å². The van der Waals surface area contributed by atoms with Crippen LogP contribution in [0.1, 0.15) is 19.4 Å². The maximum atomic E-state index is 13.0. The fraction of sp³-hybridized carbons (Fsp3) is 0.435. The van der Waals surface area contributed by atoms with Gasteiger partial charge in [0, 0.05) is 31.5 Å². The van der Waals surface area contributed by atoms with E-state index in [4.69, 9.17) is 14.2 Å². The summed E-state index contributed by atoms with van der Waals surface area (Å²) in [6.45, 7) is 5.25. The largest absolute Gasteiger partial charge is 0.352 e. The number of amides is 2. The van der Waals surface area contributed by atoms with Gasteiger partial charge < -0.3 is 24.8 Å². The minimum Gasteiger partial charge on any atom is -0.352 e. The lowest BCUT2D eigenvalue weighted by Gasteiger charge is -2.42. The summed E-state index contributed by atoms with van der Waals surface area (Å²) in [6.07, 6.45) is -0.395.